The summed E-state index contributed by atoms with van der Waals surface area (Å²) in [6, 6.07) is 22.8. The molecule has 3 aromatic carbocycles. The van der Waals surface area contributed by atoms with E-state index in [0.29, 0.717) is 6.54 Å². The van der Waals surface area contributed by atoms with E-state index in [9.17, 15) is 4.79 Å². The van der Waals surface area contributed by atoms with Crippen LogP contribution in [0.15, 0.2) is 66.7 Å². The van der Waals surface area contributed by atoms with E-state index in [1.807, 2.05) is 18.2 Å². The van der Waals surface area contributed by atoms with Crippen molar-refractivity contribution in [3.63, 3.8) is 0 Å². The largest absolute Gasteiger partial charge is 0.495 e. The summed E-state index contributed by atoms with van der Waals surface area (Å²) >= 11 is 0. The van der Waals surface area contributed by atoms with Gasteiger partial charge >= 0.3 is 0 Å². The summed E-state index contributed by atoms with van der Waals surface area (Å²) in [5, 5.41) is 3.11. The molecule has 0 saturated carbocycles. The van der Waals surface area contributed by atoms with Crippen LogP contribution < -0.4 is 15.0 Å². The van der Waals surface area contributed by atoms with Crippen molar-refractivity contribution < 1.29 is 9.53 Å². The number of methoxy groups -OCH3 is 1. The Morgan fingerprint density at radius 3 is 2.52 bits per heavy atom. The van der Waals surface area contributed by atoms with Crippen LogP contribution in [-0.2, 0) is 6.42 Å². The molecule has 0 spiro atoms. The van der Waals surface area contributed by atoms with E-state index in [4.69, 9.17) is 4.74 Å². The second kappa shape index (κ2) is 9.67. The number of para-hydroxylation sites is 2. The molecule has 5 nitrogen and oxygen atoms in total. The molecule has 1 saturated heterocycles. The fourth-order valence-electron chi connectivity index (χ4n) is 5.00. The van der Waals surface area contributed by atoms with E-state index in [2.05, 4.69) is 63.6 Å². The Kier molecular flexibility index (Phi) is 6.31. The number of nitrogens with zero attached hydrogens (tertiary/aromatic N) is 2. The van der Waals surface area contributed by atoms with E-state index in [1.54, 1.807) is 7.11 Å². The van der Waals surface area contributed by atoms with Gasteiger partial charge in [0, 0.05) is 38.3 Å². The number of hydrogen-bond acceptors (Lipinski definition) is 4. The SMILES string of the molecule is COc1ccccc1N1CCN(CCCNC(=O)c2ccc3c(c2)Cc2ccccc2-3)CC1. The predicted octanol–water partition coefficient (Wildman–Crippen LogP) is 4.21. The van der Waals surface area contributed by atoms with Gasteiger partial charge in [-0.15, -0.1) is 0 Å². The first-order valence-corrected chi connectivity index (χ1v) is 11.8. The third-order valence-electron chi connectivity index (χ3n) is 6.79. The maximum atomic E-state index is 12.7. The van der Waals surface area contributed by atoms with E-state index >= 15 is 0 Å². The summed E-state index contributed by atoms with van der Waals surface area (Å²) in [5.74, 6) is 0.957. The van der Waals surface area contributed by atoms with Crippen molar-refractivity contribution in [2.45, 2.75) is 12.8 Å². The Hall–Kier alpha value is -3.31. The minimum atomic E-state index is 0.0229. The Bertz CT molecular complexity index is 1140. The summed E-state index contributed by atoms with van der Waals surface area (Å²) in [5.41, 5.74) is 7.07. The van der Waals surface area contributed by atoms with E-state index < -0.39 is 0 Å². The van der Waals surface area contributed by atoms with Crippen LogP contribution in [0.4, 0.5) is 5.69 Å². The van der Waals surface area contributed by atoms with E-state index in [0.717, 1.165) is 56.9 Å². The van der Waals surface area contributed by atoms with Gasteiger partial charge in [-0.3, -0.25) is 9.69 Å². The molecule has 1 heterocycles. The fraction of sp³-hybridized carbons (Fsp3) is 0.321. The number of piperazine rings is 1. The molecule has 0 aromatic heterocycles. The Morgan fingerprint density at radius 1 is 0.909 bits per heavy atom. The molecular weight excluding hydrogens is 410 g/mol. The third-order valence-corrected chi connectivity index (χ3v) is 6.79. The molecule has 170 valence electrons. The highest BCUT2D eigenvalue weighted by Gasteiger charge is 2.20. The maximum Gasteiger partial charge on any atom is 0.251 e. The molecule has 2 aliphatic rings. The lowest BCUT2D eigenvalue weighted by Gasteiger charge is -2.36. The van der Waals surface area contributed by atoms with Gasteiger partial charge in [0.2, 0.25) is 0 Å². The van der Waals surface area contributed by atoms with Crippen LogP contribution in [0, 0.1) is 0 Å². The lowest BCUT2D eigenvalue weighted by Crippen LogP contribution is -2.47. The summed E-state index contributed by atoms with van der Waals surface area (Å²) < 4.78 is 5.51. The Labute approximate surface area is 196 Å². The zero-order valence-electron chi connectivity index (χ0n) is 19.2. The molecule has 5 heteroatoms. The molecular formula is C28H31N3O2. The van der Waals surface area contributed by atoms with Crippen LogP contribution in [-0.4, -0.2) is 57.2 Å². The summed E-state index contributed by atoms with van der Waals surface area (Å²) in [6.07, 6.45) is 1.87. The lowest BCUT2D eigenvalue weighted by atomic mass is 10.0. The molecule has 33 heavy (non-hydrogen) atoms. The molecule has 1 fully saturated rings. The van der Waals surface area contributed by atoms with Gasteiger partial charge < -0.3 is 15.0 Å². The average Bonchev–Trinajstić information content (AvgIpc) is 3.24. The molecule has 5 rings (SSSR count). The summed E-state index contributed by atoms with van der Waals surface area (Å²) in [6.45, 7) is 5.73. The minimum absolute atomic E-state index is 0.0229. The van der Waals surface area contributed by atoms with Gasteiger partial charge in [-0.05, 0) is 65.9 Å². The monoisotopic (exact) mass is 441 g/mol. The van der Waals surface area contributed by atoms with Crippen LogP contribution in [0.25, 0.3) is 11.1 Å². The smallest absolute Gasteiger partial charge is 0.251 e. The normalized spacial score (nSPS) is 15.1. The molecule has 1 amide bonds. The zero-order chi connectivity index (χ0) is 22.6. The minimum Gasteiger partial charge on any atom is -0.495 e. The van der Waals surface area contributed by atoms with Crippen LogP contribution in [0.2, 0.25) is 0 Å². The quantitative estimate of drug-likeness (QED) is 0.437. The van der Waals surface area contributed by atoms with Gasteiger partial charge in [0.15, 0.2) is 0 Å². The van der Waals surface area contributed by atoms with Crippen LogP contribution in [0.5, 0.6) is 5.75 Å². The van der Waals surface area contributed by atoms with Crippen LogP contribution >= 0.6 is 0 Å². The summed E-state index contributed by atoms with van der Waals surface area (Å²) in [7, 11) is 1.73. The number of hydrogen-bond donors (Lipinski definition) is 1. The number of ether oxygens (including phenoxy) is 1. The lowest BCUT2D eigenvalue weighted by molar-refractivity contribution is 0.0951. The van der Waals surface area contributed by atoms with Gasteiger partial charge in [0.05, 0.1) is 12.8 Å². The Morgan fingerprint density at radius 2 is 1.67 bits per heavy atom. The van der Waals surface area contributed by atoms with Crippen molar-refractivity contribution in [2.75, 3.05) is 51.3 Å². The number of anilines is 1. The van der Waals surface area contributed by atoms with Crippen LogP contribution in [0.1, 0.15) is 27.9 Å². The first kappa shape index (κ1) is 21.5. The van der Waals surface area contributed by atoms with Crippen molar-refractivity contribution in [2.24, 2.45) is 0 Å². The zero-order valence-corrected chi connectivity index (χ0v) is 19.2. The molecule has 0 unspecified atom stereocenters. The predicted molar refractivity (Wildman–Crippen MR) is 133 cm³/mol. The third kappa shape index (κ3) is 4.60. The van der Waals surface area contributed by atoms with Crippen molar-refractivity contribution in [1.29, 1.82) is 0 Å². The van der Waals surface area contributed by atoms with Gasteiger partial charge in [-0.25, -0.2) is 0 Å². The number of benzene rings is 3. The number of nitrogens with one attached hydrogen (secondary N) is 1. The van der Waals surface area contributed by atoms with Gasteiger partial charge in [0.1, 0.15) is 5.75 Å². The highest BCUT2D eigenvalue weighted by Crippen LogP contribution is 2.36. The molecule has 0 bridgehead atoms. The Balaban J connectivity index is 1.07. The molecule has 0 atom stereocenters. The van der Waals surface area contributed by atoms with Crippen LogP contribution in [0.3, 0.4) is 0 Å². The highest BCUT2D eigenvalue weighted by atomic mass is 16.5. The number of carbonyl (C=O) groups is 1. The molecule has 1 aliphatic heterocycles. The number of carbonyl (C=O) groups excluding carboxylic acids is 1. The van der Waals surface area contributed by atoms with Gasteiger partial charge in [0.25, 0.3) is 5.91 Å². The second-order valence-electron chi connectivity index (χ2n) is 8.82. The number of fused-ring (bicyclic) bond motifs is 3. The van der Waals surface area contributed by atoms with Crippen molar-refractivity contribution in [3.8, 4) is 16.9 Å². The van der Waals surface area contributed by atoms with Gasteiger partial charge in [-0.2, -0.15) is 0 Å². The highest BCUT2D eigenvalue weighted by molar-refractivity contribution is 5.95. The standard InChI is InChI=1S/C28H31N3O2/c1-33-27-10-5-4-9-26(27)31-17-15-30(16-18-31)14-6-13-29-28(32)22-11-12-25-23(20-22)19-21-7-2-3-8-24(21)25/h2-5,7-12,20H,6,13-19H2,1H3,(H,29,32). The number of rotatable bonds is 7. The molecule has 0 radical (unpaired) electrons. The average molecular weight is 442 g/mol. The molecule has 1 N–H and O–H groups in total. The topological polar surface area (TPSA) is 44.8 Å². The number of amides is 1. The summed E-state index contributed by atoms with van der Waals surface area (Å²) in [4.78, 5) is 17.6. The maximum absolute atomic E-state index is 12.7. The van der Waals surface area contributed by atoms with Crippen molar-refractivity contribution >= 4 is 11.6 Å². The van der Waals surface area contributed by atoms with E-state index in [1.165, 1.54) is 27.9 Å². The first-order valence-electron chi connectivity index (χ1n) is 11.8. The van der Waals surface area contributed by atoms with Gasteiger partial charge in [-0.1, -0.05) is 42.5 Å². The van der Waals surface area contributed by atoms with Crippen molar-refractivity contribution in [1.82, 2.24) is 10.2 Å². The second-order valence-corrected chi connectivity index (χ2v) is 8.82. The molecule has 1 aliphatic carbocycles. The fourth-order valence-corrected chi connectivity index (χ4v) is 5.00. The first-order chi connectivity index (χ1) is 16.2. The van der Waals surface area contributed by atoms with Crippen molar-refractivity contribution in [3.05, 3.63) is 83.4 Å². The van der Waals surface area contributed by atoms with E-state index in [-0.39, 0.29) is 5.91 Å². The molecule has 3 aromatic rings.